The van der Waals surface area contributed by atoms with E-state index in [9.17, 15) is 0 Å². The van der Waals surface area contributed by atoms with Gasteiger partial charge in [-0.05, 0) is 36.2 Å². The Hall–Kier alpha value is -1.55. The van der Waals surface area contributed by atoms with Gasteiger partial charge < -0.3 is 4.42 Å². The Morgan fingerprint density at radius 1 is 0.905 bits per heavy atom. The van der Waals surface area contributed by atoms with E-state index in [0.29, 0.717) is 22.2 Å². The monoisotopic (exact) mass is 338 g/mol. The van der Waals surface area contributed by atoms with Crippen molar-refractivity contribution in [2.24, 2.45) is 0 Å². The lowest BCUT2D eigenvalue weighted by Gasteiger charge is -2.08. The third kappa shape index (κ3) is 2.77. The second-order valence-electron chi connectivity index (χ2n) is 4.44. The number of rotatable bonds is 2. The van der Waals surface area contributed by atoms with Crippen LogP contribution in [0, 0.1) is 6.92 Å². The van der Waals surface area contributed by atoms with Gasteiger partial charge in [0.1, 0.15) is 10.3 Å². The second-order valence-corrected chi connectivity index (χ2v) is 5.60. The van der Waals surface area contributed by atoms with Crippen molar-refractivity contribution in [1.82, 2.24) is 9.97 Å². The number of aryl methyl sites for hydroxylation is 1. The van der Waals surface area contributed by atoms with Crippen LogP contribution in [-0.4, -0.2) is 9.97 Å². The summed E-state index contributed by atoms with van der Waals surface area (Å²) >= 11 is 18.4. The molecule has 3 nitrogen and oxygen atoms in total. The summed E-state index contributed by atoms with van der Waals surface area (Å²) in [5, 5.41) is 1.17. The average molecular weight is 340 g/mol. The van der Waals surface area contributed by atoms with Gasteiger partial charge in [-0.25, -0.2) is 9.97 Å². The third-order valence-corrected chi connectivity index (χ3v) is 3.82. The fourth-order valence-electron chi connectivity index (χ4n) is 1.97. The fourth-order valence-corrected chi connectivity index (χ4v) is 2.70. The zero-order valence-corrected chi connectivity index (χ0v) is 13.2. The van der Waals surface area contributed by atoms with Gasteiger partial charge in [-0.3, -0.25) is 0 Å². The van der Waals surface area contributed by atoms with Gasteiger partial charge in [0, 0.05) is 5.02 Å². The van der Waals surface area contributed by atoms with E-state index in [0.717, 1.165) is 11.1 Å². The molecule has 0 fully saturated rings. The highest BCUT2D eigenvalue weighted by Crippen LogP contribution is 2.35. The van der Waals surface area contributed by atoms with E-state index in [-0.39, 0.29) is 10.3 Å². The van der Waals surface area contributed by atoms with Gasteiger partial charge in [-0.15, -0.1) is 0 Å². The largest absolute Gasteiger partial charge is 0.461 e. The molecule has 21 heavy (non-hydrogen) atoms. The van der Waals surface area contributed by atoms with Crippen LogP contribution in [0.25, 0.3) is 22.7 Å². The van der Waals surface area contributed by atoms with Gasteiger partial charge in [-0.1, -0.05) is 46.9 Å². The molecule has 106 valence electrons. The lowest BCUT2D eigenvalue weighted by Crippen LogP contribution is -1.94. The number of furan rings is 1. The van der Waals surface area contributed by atoms with Crippen molar-refractivity contribution in [3.05, 3.63) is 57.5 Å². The molecule has 3 rings (SSSR count). The number of benzene rings is 1. The van der Waals surface area contributed by atoms with Crippen molar-refractivity contribution in [3.8, 4) is 22.7 Å². The van der Waals surface area contributed by atoms with Crippen molar-refractivity contribution in [1.29, 1.82) is 0 Å². The highest BCUT2D eigenvalue weighted by molar-refractivity contribution is 6.38. The van der Waals surface area contributed by atoms with Crippen LogP contribution in [0.3, 0.4) is 0 Å². The standard InChI is InChI=1S/C15H9Cl3N2O/c1-8-6-7-21-12(8)15-19-13(17)11(14(18)20-15)9-2-4-10(16)5-3-9/h2-7H,1H3. The zero-order chi connectivity index (χ0) is 15.0. The first-order valence-electron chi connectivity index (χ1n) is 6.09. The normalized spacial score (nSPS) is 10.9. The zero-order valence-electron chi connectivity index (χ0n) is 10.9. The van der Waals surface area contributed by atoms with Crippen LogP contribution in [0.1, 0.15) is 5.56 Å². The van der Waals surface area contributed by atoms with Crippen LogP contribution >= 0.6 is 34.8 Å². The fraction of sp³-hybridized carbons (Fsp3) is 0.0667. The van der Waals surface area contributed by atoms with E-state index in [1.807, 2.05) is 25.1 Å². The molecule has 2 aromatic heterocycles. The first-order chi connectivity index (χ1) is 10.1. The Morgan fingerprint density at radius 2 is 1.52 bits per heavy atom. The molecule has 0 radical (unpaired) electrons. The second kappa shape index (κ2) is 5.68. The van der Waals surface area contributed by atoms with E-state index in [2.05, 4.69) is 9.97 Å². The molecule has 0 amide bonds. The molecular formula is C15H9Cl3N2O. The van der Waals surface area contributed by atoms with Crippen LogP contribution in [0.2, 0.25) is 15.3 Å². The quantitative estimate of drug-likeness (QED) is 0.564. The molecule has 1 aromatic carbocycles. The molecule has 0 bridgehead atoms. The molecule has 0 saturated carbocycles. The number of halogens is 3. The minimum atomic E-state index is 0.267. The van der Waals surface area contributed by atoms with Crippen LogP contribution in [0.5, 0.6) is 0 Å². The minimum absolute atomic E-state index is 0.267. The van der Waals surface area contributed by atoms with Crippen LogP contribution in [-0.2, 0) is 0 Å². The maximum Gasteiger partial charge on any atom is 0.198 e. The summed E-state index contributed by atoms with van der Waals surface area (Å²) in [6.07, 6.45) is 1.57. The van der Waals surface area contributed by atoms with E-state index in [1.165, 1.54) is 0 Å². The topological polar surface area (TPSA) is 38.9 Å². The summed E-state index contributed by atoms with van der Waals surface area (Å²) in [6, 6.07) is 8.98. The van der Waals surface area contributed by atoms with Crippen molar-refractivity contribution < 1.29 is 4.42 Å². The predicted molar refractivity (Wildman–Crippen MR) is 84.9 cm³/mol. The molecule has 0 atom stereocenters. The molecule has 2 heterocycles. The highest BCUT2D eigenvalue weighted by Gasteiger charge is 2.17. The molecule has 6 heteroatoms. The molecule has 0 aliphatic heterocycles. The van der Waals surface area contributed by atoms with Gasteiger partial charge in [0.15, 0.2) is 11.6 Å². The van der Waals surface area contributed by atoms with Crippen molar-refractivity contribution in [2.75, 3.05) is 0 Å². The van der Waals surface area contributed by atoms with E-state index < -0.39 is 0 Å². The average Bonchev–Trinajstić information content (AvgIpc) is 2.86. The van der Waals surface area contributed by atoms with Gasteiger partial charge in [0.25, 0.3) is 0 Å². The summed E-state index contributed by atoms with van der Waals surface area (Å²) in [4.78, 5) is 8.56. The molecule has 0 aliphatic rings. The van der Waals surface area contributed by atoms with Crippen molar-refractivity contribution >= 4 is 34.8 Å². The van der Waals surface area contributed by atoms with Crippen LogP contribution in [0.4, 0.5) is 0 Å². The third-order valence-electron chi connectivity index (χ3n) is 3.02. The first-order valence-corrected chi connectivity index (χ1v) is 7.23. The van der Waals surface area contributed by atoms with Crippen LogP contribution < -0.4 is 0 Å². The lowest BCUT2D eigenvalue weighted by molar-refractivity contribution is 0.575. The number of hydrogen-bond acceptors (Lipinski definition) is 3. The Balaban J connectivity index is 2.13. The number of hydrogen-bond donors (Lipinski definition) is 0. The molecular weight excluding hydrogens is 331 g/mol. The summed E-state index contributed by atoms with van der Waals surface area (Å²) < 4.78 is 5.36. The lowest BCUT2D eigenvalue weighted by atomic mass is 10.1. The summed E-state index contributed by atoms with van der Waals surface area (Å²) in [5.41, 5.74) is 2.29. The summed E-state index contributed by atoms with van der Waals surface area (Å²) in [7, 11) is 0. The maximum atomic E-state index is 6.27. The Morgan fingerprint density at radius 3 is 2.05 bits per heavy atom. The van der Waals surface area contributed by atoms with Gasteiger partial charge in [-0.2, -0.15) is 0 Å². The number of aromatic nitrogens is 2. The van der Waals surface area contributed by atoms with E-state index in [1.54, 1.807) is 18.4 Å². The number of nitrogens with zero attached hydrogens (tertiary/aromatic N) is 2. The van der Waals surface area contributed by atoms with Gasteiger partial charge in [0.05, 0.1) is 11.8 Å². The Kier molecular flexibility index (Phi) is 3.89. The highest BCUT2D eigenvalue weighted by atomic mass is 35.5. The van der Waals surface area contributed by atoms with Gasteiger partial charge in [0.2, 0.25) is 0 Å². The van der Waals surface area contributed by atoms with Crippen LogP contribution in [0.15, 0.2) is 41.0 Å². The molecule has 0 spiro atoms. The minimum Gasteiger partial charge on any atom is -0.461 e. The molecule has 0 unspecified atom stereocenters. The predicted octanol–water partition coefficient (Wildman–Crippen LogP) is 5.67. The molecule has 0 aliphatic carbocycles. The van der Waals surface area contributed by atoms with E-state index >= 15 is 0 Å². The Bertz CT molecular complexity index is 774. The van der Waals surface area contributed by atoms with Crippen molar-refractivity contribution in [2.45, 2.75) is 6.92 Å². The van der Waals surface area contributed by atoms with Gasteiger partial charge >= 0.3 is 0 Å². The molecule has 0 N–H and O–H groups in total. The molecule has 3 aromatic rings. The van der Waals surface area contributed by atoms with Crippen molar-refractivity contribution in [3.63, 3.8) is 0 Å². The first kappa shape index (κ1) is 14.4. The smallest absolute Gasteiger partial charge is 0.198 e. The molecule has 0 saturated heterocycles. The summed E-state index contributed by atoms with van der Waals surface area (Å²) in [6.45, 7) is 1.90. The maximum absolute atomic E-state index is 6.27. The SMILES string of the molecule is Cc1ccoc1-c1nc(Cl)c(-c2ccc(Cl)cc2)c(Cl)n1. The van der Waals surface area contributed by atoms with E-state index in [4.69, 9.17) is 39.2 Å². The Labute approximate surface area is 136 Å². The summed E-state index contributed by atoms with van der Waals surface area (Å²) in [5.74, 6) is 0.923.